The predicted molar refractivity (Wildman–Crippen MR) is 130 cm³/mol. The van der Waals surface area contributed by atoms with Crippen LogP contribution in [0.15, 0.2) is 72.9 Å². The number of esters is 1. The molecule has 0 aliphatic heterocycles. The maximum atomic E-state index is 11.6. The van der Waals surface area contributed by atoms with Crippen molar-refractivity contribution in [3.63, 3.8) is 0 Å². The van der Waals surface area contributed by atoms with E-state index >= 15 is 0 Å². The van der Waals surface area contributed by atoms with Crippen molar-refractivity contribution in [2.45, 2.75) is 25.7 Å². The number of hydrogen-bond donors (Lipinski definition) is 2. The zero-order valence-corrected chi connectivity index (χ0v) is 18.9. The van der Waals surface area contributed by atoms with Gasteiger partial charge >= 0.3 is 5.97 Å². The van der Waals surface area contributed by atoms with Crippen molar-refractivity contribution < 1.29 is 9.53 Å². The fourth-order valence-electron chi connectivity index (χ4n) is 3.63. The number of nitrogens with one attached hydrogen (secondary N) is 1. The lowest BCUT2D eigenvalue weighted by molar-refractivity contribution is -0.140. The molecule has 2 aromatic heterocycles. The van der Waals surface area contributed by atoms with Crippen LogP contribution in [0, 0.1) is 5.41 Å². The van der Waals surface area contributed by atoms with Crippen molar-refractivity contribution in [1.29, 1.82) is 5.41 Å². The third-order valence-electron chi connectivity index (χ3n) is 5.51. The zero-order chi connectivity index (χ0) is 23.9. The van der Waals surface area contributed by atoms with Crippen LogP contribution in [0.25, 0.3) is 17.1 Å². The van der Waals surface area contributed by atoms with E-state index in [1.165, 1.54) is 12.7 Å². The van der Waals surface area contributed by atoms with Gasteiger partial charge in [0.15, 0.2) is 5.82 Å². The molecule has 2 heterocycles. The fraction of sp³-hybridized carbons (Fsp3) is 0.192. The van der Waals surface area contributed by atoms with E-state index in [0.717, 1.165) is 35.6 Å². The van der Waals surface area contributed by atoms with Crippen LogP contribution in [0.1, 0.15) is 29.1 Å². The van der Waals surface area contributed by atoms with Crippen LogP contribution in [0.5, 0.6) is 0 Å². The summed E-state index contributed by atoms with van der Waals surface area (Å²) >= 11 is 0. The maximum absolute atomic E-state index is 11.6. The van der Waals surface area contributed by atoms with Crippen molar-refractivity contribution in [3.8, 4) is 17.1 Å². The fourth-order valence-corrected chi connectivity index (χ4v) is 3.63. The number of carbonyl (C=O) groups excluding carboxylic acids is 1. The average molecular weight is 455 g/mol. The molecule has 0 saturated carbocycles. The summed E-state index contributed by atoms with van der Waals surface area (Å²) in [6, 6.07) is 21.4. The third-order valence-corrected chi connectivity index (χ3v) is 5.51. The van der Waals surface area contributed by atoms with Crippen LogP contribution in [-0.2, 0) is 28.8 Å². The number of imidazole rings is 1. The van der Waals surface area contributed by atoms with Gasteiger partial charge < -0.3 is 10.5 Å². The minimum atomic E-state index is -0.264. The Morgan fingerprint density at radius 1 is 0.971 bits per heavy atom. The van der Waals surface area contributed by atoms with Crippen LogP contribution in [-0.4, -0.2) is 38.7 Å². The number of amidine groups is 1. The van der Waals surface area contributed by atoms with Crippen LogP contribution >= 0.6 is 0 Å². The Hall–Kier alpha value is -4.33. The van der Waals surface area contributed by atoms with Gasteiger partial charge in [0.2, 0.25) is 0 Å². The highest BCUT2D eigenvalue weighted by atomic mass is 16.5. The summed E-state index contributed by atoms with van der Waals surface area (Å²) in [5.41, 5.74) is 9.83. The Kier molecular flexibility index (Phi) is 7.07. The monoisotopic (exact) mass is 454 g/mol. The maximum Gasteiger partial charge on any atom is 0.305 e. The lowest BCUT2D eigenvalue weighted by atomic mass is 10.1. The van der Waals surface area contributed by atoms with Crippen molar-refractivity contribution in [2.24, 2.45) is 5.73 Å². The number of benzene rings is 2. The van der Waals surface area contributed by atoms with Crippen molar-refractivity contribution in [2.75, 3.05) is 7.11 Å². The summed E-state index contributed by atoms with van der Waals surface area (Å²) in [5, 5.41) is 16.4. The van der Waals surface area contributed by atoms with Gasteiger partial charge in [-0.25, -0.2) is 4.98 Å². The number of nitrogen functional groups attached to an aromatic ring is 1. The molecule has 0 bridgehead atoms. The van der Waals surface area contributed by atoms with Crippen molar-refractivity contribution in [3.05, 3.63) is 95.6 Å². The van der Waals surface area contributed by atoms with E-state index in [2.05, 4.69) is 22.3 Å². The van der Waals surface area contributed by atoms with Gasteiger partial charge in [0.1, 0.15) is 11.7 Å². The normalized spacial score (nSPS) is 10.7. The first kappa shape index (κ1) is 22.8. The first-order valence-corrected chi connectivity index (χ1v) is 11.0. The van der Waals surface area contributed by atoms with Crippen molar-refractivity contribution >= 4 is 11.8 Å². The largest absolute Gasteiger partial charge is 0.469 e. The molecule has 4 aromatic rings. The van der Waals surface area contributed by atoms with Gasteiger partial charge in [-0.1, -0.05) is 54.6 Å². The number of rotatable bonds is 9. The molecule has 0 saturated heterocycles. The molecule has 8 nitrogen and oxygen atoms in total. The standard InChI is InChI=1S/C26H26N6O2/c1-34-25(33)16-12-21-17-32(23(29-21)14-7-18-5-3-2-4-6-18)24-15-13-22(30-31-24)19-8-10-20(11-9-19)26(27)28/h2-6,8-11,13,15,17H,7,12,14,16H2,1H3,(H3,27,28). The van der Waals surface area contributed by atoms with E-state index in [4.69, 9.17) is 20.9 Å². The first-order valence-electron chi connectivity index (χ1n) is 11.0. The summed E-state index contributed by atoms with van der Waals surface area (Å²) in [6.45, 7) is 0. The molecule has 0 aliphatic carbocycles. The summed E-state index contributed by atoms with van der Waals surface area (Å²) in [5.74, 6) is 1.28. The van der Waals surface area contributed by atoms with E-state index in [-0.39, 0.29) is 18.2 Å². The van der Waals surface area contributed by atoms with Gasteiger partial charge in [0, 0.05) is 30.2 Å². The number of ether oxygens (including phenoxy) is 1. The molecule has 2 aromatic carbocycles. The lowest BCUT2D eigenvalue weighted by Crippen LogP contribution is -2.10. The Labute approximate surface area is 198 Å². The van der Waals surface area contributed by atoms with E-state index in [0.29, 0.717) is 17.8 Å². The van der Waals surface area contributed by atoms with Gasteiger partial charge in [-0.05, 0) is 24.1 Å². The molecular formula is C26H26N6O2. The first-order chi connectivity index (χ1) is 16.5. The van der Waals surface area contributed by atoms with Gasteiger partial charge in [-0.3, -0.25) is 14.8 Å². The summed E-state index contributed by atoms with van der Waals surface area (Å²) in [4.78, 5) is 16.4. The molecule has 0 radical (unpaired) electrons. The molecule has 0 unspecified atom stereocenters. The van der Waals surface area contributed by atoms with Gasteiger partial charge in [0.05, 0.1) is 24.9 Å². The summed E-state index contributed by atoms with van der Waals surface area (Å²) in [6.07, 6.45) is 4.23. The highest BCUT2D eigenvalue weighted by Gasteiger charge is 2.13. The number of methoxy groups -OCH3 is 1. The minimum Gasteiger partial charge on any atom is -0.469 e. The third kappa shape index (κ3) is 5.53. The molecule has 3 N–H and O–H groups in total. The Bertz CT molecular complexity index is 1270. The SMILES string of the molecule is COC(=O)CCc1cn(-c2ccc(-c3ccc(C(=N)N)cc3)nn2)c(CCc2ccccc2)n1. The zero-order valence-electron chi connectivity index (χ0n) is 18.9. The molecule has 0 amide bonds. The molecule has 34 heavy (non-hydrogen) atoms. The second kappa shape index (κ2) is 10.5. The topological polar surface area (TPSA) is 120 Å². The van der Waals surface area contributed by atoms with E-state index in [1.54, 1.807) is 12.1 Å². The number of nitrogens with two attached hydrogens (primary N) is 1. The van der Waals surface area contributed by atoms with Crippen molar-refractivity contribution in [1.82, 2.24) is 19.7 Å². The molecule has 0 spiro atoms. The summed E-state index contributed by atoms with van der Waals surface area (Å²) < 4.78 is 6.70. The van der Waals surface area contributed by atoms with Gasteiger partial charge in [-0.2, -0.15) is 0 Å². The Balaban J connectivity index is 1.58. The number of aryl methyl sites for hydroxylation is 3. The number of carbonyl (C=O) groups is 1. The average Bonchev–Trinajstić information content (AvgIpc) is 3.30. The quantitative estimate of drug-likeness (QED) is 0.227. The molecule has 0 aliphatic rings. The molecule has 0 fully saturated rings. The Morgan fingerprint density at radius 3 is 2.38 bits per heavy atom. The van der Waals surface area contributed by atoms with Crippen LogP contribution in [0.2, 0.25) is 0 Å². The molecule has 4 rings (SSSR count). The van der Waals surface area contributed by atoms with Crippen LogP contribution in [0.3, 0.4) is 0 Å². The van der Waals surface area contributed by atoms with E-state index < -0.39 is 0 Å². The number of hydrogen-bond acceptors (Lipinski definition) is 6. The molecular weight excluding hydrogens is 428 g/mol. The van der Waals surface area contributed by atoms with E-state index in [9.17, 15) is 4.79 Å². The number of nitrogens with zero attached hydrogens (tertiary/aromatic N) is 4. The van der Waals surface area contributed by atoms with Crippen LogP contribution < -0.4 is 5.73 Å². The number of aromatic nitrogens is 4. The van der Waals surface area contributed by atoms with Gasteiger partial charge in [0.25, 0.3) is 0 Å². The second-order valence-electron chi connectivity index (χ2n) is 7.85. The van der Waals surface area contributed by atoms with E-state index in [1.807, 2.05) is 53.2 Å². The summed E-state index contributed by atoms with van der Waals surface area (Å²) in [7, 11) is 1.39. The highest BCUT2D eigenvalue weighted by molar-refractivity contribution is 5.95. The van der Waals surface area contributed by atoms with Gasteiger partial charge in [-0.15, -0.1) is 10.2 Å². The Morgan fingerprint density at radius 2 is 1.74 bits per heavy atom. The lowest BCUT2D eigenvalue weighted by Gasteiger charge is -2.08. The minimum absolute atomic E-state index is 0.0270. The smallest absolute Gasteiger partial charge is 0.305 e. The molecule has 0 atom stereocenters. The van der Waals surface area contributed by atoms with Crippen LogP contribution in [0.4, 0.5) is 0 Å². The predicted octanol–water partition coefficient (Wildman–Crippen LogP) is 3.50. The molecule has 172 valence electrons. The highest BCUT2D eigenvalue weighted by Crippen LogP contribution is 2.20. The second-order valence-corrected chi connectivity index (χ2v) is 7.85. The molecule has 8 heteroatoms.